The van der Waals surface area contributed by atoms with Gasteiger partial charge in [0.15, 0.2) is 5.75 Å². The minimum absolute atomic E-state index is 0.0390. The molecule has 2 atom stereocenters. The molecule has 6 heteroatoms. The summed E-state index contributed by atoms with van der Waals surface area (Å²) in [6.07, 6.45) is -0.0443. The average molecular weight is 239 g/mol. The summed E-state index contributed by atoms with van der Waals surface area (Å²) in [6.45, 7) is 2.65. The van der Waals surface area contributed by atoms with E-state index in [9.17, 15) is 9.18 Å². The standard InChI is InChI=1S/C11H14FN3O2/c1-6-9(5-14-6)17-8-4-3-7(11(16)13-2)15-10(8)12/h3-4,6,9,14H,5H2,1-2H3,(H,13,16)/t6-,9+/m1/s1. The molecule has 0 unspecified atom stereocenters. The number of aromatic nitrogens is 1. The summed E-state index contributed by atoms with van der Waals surface area (Å²) >= 11 is 0. The van der Waals surface area contributed by atoms with Crippen molar-refractivity contribution < 1.29 is 13.9 Å². The van der Waals surface area contributed by atoms with Gasteiger partial charge in [-0.3, -0.25) is 4.79 Å². The molecule has 0 radical (unpaired) electrons. The number of carbonyl (C=O) groups is 1. The summed E-state index contributed by atoms with van der Waals surface area (Å²) in [4.78, 5) is 14.8. The maximum absolute atomic E-state index is 13.6. The lowest BCUT2D eigenvalue weighted by molar-refractivity contribution is 0.0879. The zero-order valence-corrected chi connectivity index (χ0v) is 9.66. The first-order valence-corrected chi connectivity index (χ1v) is 5.40. The summed E-state index contributed by atoms with van der Waals surface area (Å²) < 4.78 is 19.0. The number of nitrogens with one attached hydrogen (secondary N) is 2. The third-order valence-electron chi connectivity index (χ3n) is 2.75. The van der Waals surface area contributed by atoms with Gasteiger partial charge in [-0.1, -0.05) is 0 Å². The van der Waals surface area contributed by atoms with Crippen LogP contribution >= 0.6 is 0 Å². The lowest BCUT2D eigenvalue weighted by atomic mass is 10.1. The van der Waals surface area contributed by atoms with Crippen molar-refractivity contribution in [3.63, 3.8) is 0 Å². The molecule has 1 aromatic rings. The predicted octanol–water partition coefficient (Wildman–Crippen LogP) is 0.319. The molecule has 92 valence electrons. The number of halogens is 1. The highest BCUT2D eigenvalue weighted by molar-refractivity contribution is 5.92. The van der Waals surface area contributed by atoms with Crippen LogP contribution in [0, 0.1) is 5.95 Å². The lowest BCUT2D eigenvalue weighted by Gasteiger charge is -2.35. The zero-order valence-electron chi connectivity index (χ0n) is 9.66. The van der Waals surface area contributed by atoms with Gasteiger partial charge in [0.1, 0.15) is 11.8 Å². The van der Waals surface area contributed by atoms with E-state index in [1.54, 1.807) is 0 Å². The van der Waals surface area contributed by atoms with Crippen LogP contribution in [0.4, 0.5) is 4.39 Å². The molecule has 5 nitrogen and oxygen atoms in total. The van der Waals surface area contributed by atoms with Gasteiger partial charge in [0.2, 0.25) is 0 Å². The molecular formula is C11H14FN3O2. The van der Waals surface area contributed by atoms with E-state index in [-0.39, 0.29) is 23.6 Å². The monoisotopic (exact) mass is 239 g/mol. The molecule has 1 saturated heterocycles. The second-order valence-electron chi connectivity index (χ2n) is 3.92. The van der Waals surface area contributed by atoms with Crippen molar-refractivity contribution in [2.24, 2.45) is 0 Å². The Hall–Kier alpha value is -1.69. The van der Waals surface area contributed by atoms with Gasteiger partial charge < -0.3 is 15.4 Å². The number of carbonyl (C=O) groups excluding carboxylic acids is 1. The van der Waals surface area contributed by atoms with Crippen molar-refractivity contribution in [1.29, 1.82) is 0 Å². The summed E-state index contributed by atoms with van der Waals surface area (Å²) in [5.74, 6) is -1.10. The smallest absolute Gasteiger partial charge is 0.269 e. The zero-order chi connectivity index (χ0) is 12.4. The molecule has 0 aromatic carbocycles. The lowest BCUT2D eigenvalue weighted by Crippen LogP contribution is -2.58. The number of nitrogens with zero attached hydrogens (tertiary/aromatic N) is 1. The topological polar surface area (TPSA) is 63.2 Å². The molecule has 17 heavy (non-hydrogen) atoms. The molecule has 0 bridgehead atoms. The summed E-state index contributed by atoms with van der Waals surface area (Å²) in [5.41, 5.74) is 0.0390. The van der Waals surface area contributed by atoms with Gasteiger partial charge in [0.05, 0.1) is 0 Å². The maximum Gasteiger partial charge on any atom is 0.269 e. The van der Waals surface area contributed by atoms with Gasteiger partial charge >= 0.3 is 0 Å². The third-order valence-corrected chi connectivity index (χ3v) is 2.75. The number of rotatable bonds is 3. The highest BCUT2D eigenvalue weighted by Gasteiger charge is 2.29. The van der Waals surface area contributed by atoms with Crippen LogP contribution in [-0.4, -0.2) is 36.6 Å². The first-order valence-electron chi connectivity index (χ1n) is 5.40. The maximum atomic E-state index is 13.6. The number of hydrogen-bond donors (Lipinski definition) is 2. The SMILES string of the molecule is CNC(=O)c1ccc(O[C@H]2CN[C@@H]2C)c(F)n1. The molecule has 2 rings (SSSR count). The Morgan fingerprint density at radius 3 is 2.88 bits per heavy atom. The molecule has 1 aromatic heterocycles. The Balaban J connectivity index is 2.11. The van der Waals surface area contributed by atoms with Crippen LogP contribution in [0.5, 0.6) is 5.75 Å². The molecule has 2 heterocycles. The van der Waals surface area contributed by atoms with Crippen LogP contribution in [0.15, 0.2) is 12.1 Å². The normalized spacial score (nSPS) is 22.8. The fourth-order valence-electron chi connectivity index (χ4n) is 1.52. The Kier molecular flexibility index (Phi) is 3.23. The van der Waals surface area contributed by atoms with Crippen LogP contribution in [0.1, 0.15) is 17.4 Å². The van der Waals surface area contributed by atoms with Crippen LogP contribution in [-0.2, 0) is 0 Å². The Labute approximate surface area is 98.4 Å². The first-order chi connectivity index (χ1) is 8.11. The summed E-state index contributed by atoms with van der Waals surface area (Å²) in [6, 6.07) is 3.07. The van der Waals surface area contributed by atoms with Gasteiger partial charge in [-0.05, 0) is 19.1 Å². The fraction of sp³-hybridized carbons (Fsp3) is 0.455. The van der Waals surface area contributed by atoms with Gasteiger partial charge in [0.25, 0.3) is 11.9 Å². The number of pyridine rings is 1. The molecule has 0 aliphatic carbocycles. The van der Waals surface area contributed by atoms with E-state index in [1.807, 2.05) is 6.92 Å². The molecule has 2 N–H and O–H groups in total. The van der Waals surface area contributed by atoms with E-state index in [2.05, 4.69) is 15.6 Å². The van der Waals surface area contributed by atoms with Gasteiger partial charge in [-0.25, -0.2) is 4.98 Å². The van der Waals surface area contributed by atoms with E-state index in [1.165, 1.54) is 19.2 Å². The van der Waals surface area contributed by atoms with Crippen molar-refractivity contribution in [1.82, 2.24) is 15.6 Å². The Morgan fingerprint density at radius 1 is 1.65 bits per heavy atom. The predicted molar refractivity (Wildman–Crippen MR) is 59.5 cm³/mol. The highest BCUT2D eigenvalue weighted by Crippen LogP contribution is 2.19. The fourth-order valence-corrected chi connectivity index (χ4v) is 1.52. The average Bonchev–Trinajstić information content (AvgIpc) is 2.34. The van der Waals surface area contributed by atoms with Crippen LogP contribution in [0.2, 0.25) is 0 Å². The van der Waals surface area contributed by atoms with Crippen molar-refractivity contribution in [2.75, 3.05) is 13.6 Å². The van der Waals surface area contributed by atoms with Crippen LogP contribution in [0.3, 0.4) is 0 Å². The minimum Gasteiger partial charge on any atom is -0.483 e. The third kappa shape index (κ3) is 2.36. The largest absolute Gasteiger partial charge is 0.483 e. The molecular weight excluding hydrogens is 225 g/mol. The Bertz CT molecular complexity index is 439. The minimum atomic E-state index is -0.759. The van der Waals surface area contributed by atoms with Gasteiger partial charge in [0, 0.05) is 19.6 Å². The molecule has 1 aliphatic heterocycles. The first kappa shape index (κ1) is 11.8. The Morgan fingerprint density at radius 2 is 2.41 bits per heavy atom. The number of amides is 1. The number of hydrogen-bond acceptors (Lipinski definition) is 4. The summed E-state index contributed by atoms with van der Waals surface area (Å²) in [7, 11) is 1.47. The molecule has 0 saturated carbocycles. The quantitative estimate of drug-likeness (QED) is 0.746. The molecule has 1 amide bonds. The van der Waals surface area contributed by atoms with Crippen molar-refractivity contribution in [3.8, 4) is 5.75 Å². The highest BCUT2D eigenvalue weighted by atomic mass is 19.1. The van der Waals surface area contributed by atoms with Gasteiger partial charge in [-0.15, -0.1) is 0 Å². The van der Waals surface area contributed by atoms with E-state index in [0.29, 0.717) is 6.54 Å². The summed E-state index contributed by atoms with van der Waals surface area (Å²) in [5, 5.41) is 5.48. The van der Waals surface area contributed by atoms with Crippen molar-refractivity contribution in [2.45, 2.75) is 19.1 Å². The van der Waals surface area contributed by atoms with Gasteiger partial charge in [-0.2, -0.15) is 4.39 Å². The second-order valence-corrected chi connectivity index (χ2v) is 3.92. The molecule has 0 spiro atoms. The van der Waals surface area contributed by atoms with E-state index < -0.39 is 11.9 Å². The number of ether oxygens (including phenoxy) is 1. The van der Waals surface area contributed by atoms with E-state index >= 15 is 0 Å². The van der Waals surface area contributed by atoms with Crippen molar-refractivity contribution >= 4 is 5.91 Å². The van der Waals surface area contributed by atoms with Crippen LogP contribution in [0.25, 0.3) is 0 Å². The molecule has 1 fully saturated rings. The van der Waals surface area contributed by atoms with Crippen molar-refractivity contribution in [3.05, 3.63) is 23.8 Å². The van der Waals surface area contributed by atoms with E-state index in [4.69, 9.17) is 4.74 Å². The van der Waals surface area contributed by atoms with E-state index in [0.717, 1.165) is 0 Å². The molecule has 1 aliphatic rings. The van der Waals surface area contributed by atoms with Crippen LogP contribution < -0.4 is 15.4 Å². The second kappa shape index (κ2) is 4.67.